The molecular weight excluding hydrogens is 307 g/mol. The fourth-order valence-corrected chi connectivity index (χ4v) is 3.63. The first-order valence-corrected chi connectivity index (χ1v) is 8.66. The monoisotopic (exact) mass is 324 g/mol. The fraction of sp³-hybridized carbons (Fsp3) is 0.211. The van der Waals surface area contributed by atoms with Gasteiger partial charge in [-0.3, -0.25) is 0 Å². The second-order valence-electron chi connectivity index (χ2n) is 5.96. The second-order valence-corrected chi connectivity index (χ2v) is 6.80. The summed E-state index contributed by atoms with van der Waals surface area (Å²) in [6.45, 7) is 2.10. The maximum atomic E-state index is 13.1. The number of thiazole rings is 1. The topological polar surface area (TPSA) is 17.3 Å². The Morgan fingerprint density at radius 3 is 2.39 bits per heavy atom. The molecule has 2 nitrogen and oxygen atoms in total. The van der Waals surface area contributed by atoms with Crippen LogP contribution in [0.4, 0.5) is 10.1 Å². The van der Waals surface area contributed by atoms with Crippen LogP contribution in [0.25, 0.3) is 11.3 Å². The summed E-state index contributed by atoms with van der Waals surface area (Å²) in [4.78, 5) is 5.70. The predicted octanol–water partition coefficient (Wildman–Crippen LogP) is 5.23. The minimum Gasteiger partial charge on any atom is -0.313 e. The van der Waals surface area contributed by atoms with E-state index in [4.69, 9.17) is 4.99 Å². The molecule has 0 radical (unpaired) electrons. The molecule has 0 N–H and O–H groups in total. The van der Waals surface area contributed by atoms with Crippen LogP contribution in [0.15, 0.2) is 58.9 Å². The smallest absolute Gasteiger partial charge is 0.190 e. The molecule has 0 saturated heterocycles. The van der Waals surface area contributed by atoms with Crippen LogP contribution in [-0.4, -0.2) is 4.57 Å². The van der Waals surface area contributed by atoms with Crippen LogP contribution in [0, 0.1) is 12.7 Å². The molecule has 1 aliphatic carbocycles. The summed E-state index contributed by atoms with van der Waals surface area (Å²) >= 11 is 1.65. The molecule has 116 valence electrons. The Balaban J connectivity index is 1.82. The van der Waals surface area contributed by atoms with Gasteiger partial charge in [-0.2, -0.15) is 0 Å². The van der Waals surface area contributed by atoms with Crippen molar-refractivity contribution in [2.24, 2.45) is 4.99 Å². The molecule has 23 heavy (non-hydrogen) atoms. The maximum Gasteiger partial charge on any atom is 0.190 e. The van der Waals surface area contributed by atoms with Gasteiger partial charge in [0.2, 0.25) is 0 Å². The van der Waals surface area contributed by atoms with E-state index in [2.05, 4.69) is 41.1 Å². The van der Waals surface area contributed by atoms with Crippen LogP contribution in [0.2, 0.25) is 0 Å². The Bertz CT molecular complexity index is 884. The van der Waals surface area contributed by atoms with Crippen molar-refractivity contribution in [1.29, 1.82) is 0 Å². The van der Waals surface area contributed by atoms with E-state index >= 15 is 0 Å². The Kier molecular flexibility index (Phi) is 3.62. The summed E-state index contributed by atoms with van der Waals surface area (Å²) in [6, 6.07) is 15.5. The van der Waals surface area contributed by atoms with Crippen LogP contribution in [-0.2, 0) is 0 Å². The number of hydrogen-bond donors (Lipinski definition) is 0. The Morgan fingerprint density at radius 1 is 1.04 bits per heavy atom. The van der Waals surface area contributed by atoms with Gasteiger partial charge in [0.15, 0.2) is 4.80 Å². The number of aryl methyl sites for hydroxylation is 1. The Morgan fingerprint density at radius 2 is 1.74 bits per heavy atom. The first-order chi connectivity index (χ1) is 11.2. The third kappa shape index (κ3) is 2.99. The average molecular weight is 324 g/mol. The first-order valence-electron chi connectivity index (χ1n) is 7.78. The quantitative estimate of drug-likeness (QED) is 0.627. The molecule has 3 aromatic rings. The van der Waals surface area contributed by atoms with E-state index in [0.717, 1.165) is 10.5 Å². The highest BCUT2D eigenvalue weighted by Crippen LogP contribution is 2.38. The lowest BCUT2D eigenvalue weighted by Crippen LogP contribution is -2.14. The molecule has 0 atom stereocenters. The zero-order chi connectivity index (χ0) is 15.8. The molecule has 0 aliphatic heterocycles. The van der Waals surface area contributed by atoms with E-state index in [9.17, 15) is 4.39 Å². The summed E-state index contributed by atoms with van der Waals surface area (Å²) in [7, 11) is 0. The third-order valence-corrected chi connectivity index (χ3v) is 4.89. The molecule has 4 rings (SSSR count). The highest BCUT2D eigenvalue weighted by molar-refractivity contribution is 7.07. The maximum absolute atomic E-state index is 13.1. The minimum absolute atomic E-state index is 0.231. The molecule has 1 saturated carbocycles. The molecule has 0 unspecified atom stereocenters. The number of nitrogens with zero attached hydrogens (tertiary/aromatic N) is 2. The number of benzene rings is 2. The lowest BCUT2D eigenvalue weighted by molar-refractivity contribution is 0.628. The van der Waals surface area contributed by atoms with Crippen molar-refractivity contribution in [2.45, 2.75) is 25.8 Å². The minimum atomic E-state index is -0.231. The van der Waals surface area contributed by atoms with E-state index in [-0.39, 0.29) is 5.82 Å². The van der Waals surface area contributed by atoms with Crippen molar-refractivity contribution >= 4 is 17.0 Å². The molecule has 4 heteroatoms. The van der Waals surface area contributed by atoms with Gasteiger partial charge in [0.05, 0.1) is 11.4 Å². The highest BCUT2D eigenvalue weighted by Gasteiger charge is 2.27. The number of aromatic nitrogens is 1. The molecule has 0 bridgehead atoms. The van der Waals surface area contributed by atoms with Gasteiger partial charge in [-0.15, -0.1) is 11.3 Å². The number of halogens is 1. The van der Waals surface area contributed by atoms with Crippen molar-refractivity contribution in [3.8, 4) is 11.3 Å². The van der Waals surface area contributed by atoms with Crippen molar-refractivity contribution < 1.29 is 4.39 Å². The van der Waals surface area contributed by atoms with Crippen molar-refractivity contribution in [2.75, 3.05) is 0 Å². The van der Waals surface area contributed by atoms with E-state index in [1.54, 1.807) is 23.5 Å². The van der Waals surface area contributed by atoms with Gasteiger partial charge in [0.1, 0.15) is 5.82 Å². The normalized spacial score (nSPS) is 15.1. The SMILES string of the molecule is Cc1ccc(-c2csc(=Nc3ccc(F)cc3)n2C2CC2)cc1. The highest BCUT2D eigenvalue weighted by atomic mass is 32.1. The summed E-state index contributed by atoms with van der Waals surface area (Å²) in [6.07, 6.45) is 2.40. The fourth-order valence-electron chi connectivity index (χ4n) is 2.65. The van der Waals surface area contributed by atoms with Gasteiger partial charge in [-0.25, -0.2) is 9.38 Å². The molecule has 1 fully saturated rings. The first kappa shape index (κ1) is 14.4. The van der Waals surface area contributed by atoms with Crippen molar-refractivity contribution in [3.63, 3.8) is 0 Å². The largest absolute Gasteiger partial charge is 0.313 e. The molecule has 1 aliphatic rings. The molecule has 0 spiro atoms. The molecule has 1 aromatic heterocycles. The zero-order valence-corrected chi connectivity index (χ0v) is 13.7. The molecule has 1 heterocycles. The van der Waals surface area contributed by atoms with Crippen molar-refractivity contribution in [1.82, 2.24) is 4.57 Å². The van der Waals surface area contributed by atoms with E-state index < -0.39 is 0 Å². The Labute approximate surface area is 138 Å². The lowest BCUT2D eigenvalue weighted by atomic mass is 10.1. The van der Waals surface area contributed by atoms with Gasteiger partial charge < -0.3 is 4.57 Å². The van der Waals surface area contributed by atoms with Gasteiger partial charge in [0.25, 0.3) is 0 Å². The van der Waals surface area contributed by atoms with Crippen LogP contribution in [0.3, 0.4) is 0 Å². The van der Waals surface area contributed by atoms with Gasteiger partial charge in [-0.05, 0) is 49.6 Å². The van der Waals surface area contributed by atoms with Gasteiger partial charge in [-0.1, -0.05) is 29.8 Å². The van der Waals surface area contributed by atoms with Crippen LogP contribution < -0.4 is 4.80 Å². The second kappa shape index (κ2) is 5.78. The molecule has 2 aromatic carbocycles. The van der Waals surface area contributed by atoms with Crippen LogP contribution in [0.5, 0.6) is 0 Å². The molecule has 0 amide bonds. The lowest BCUT2D eigenvalue weighted by Gasteiger charge is -2.08. The average Bonchev–Trinajstić information content (AvgIpc) is 3.31. The van der Waals surface area contributed by atoms with Gasteiger partial charge in [0, 0.05) is 11.4 Å². The standard InChI is InChI=1S/C19H17FN2S/c1-13-2-4-14(5-3-13)18-12-23-19(22(18)17-10-11-17)21-16-8-6-15(20)7-9-16/h2-9,12,17H,10-11H2,1H3. The van der Waals surface area contributed by atoms with E-state index in [1.165, 1.54) is 41.8 Å². The summed E-state index contributed by atoms with van der Waals surface area (Å²) in [5.41, 5.74) is 4.49. The zero-order valence-electron chi connectivity index (χ0n) is 12.9. The summed E-state index contributed by atoms with van der Waals surface area (Å²) in [5, 5.41) is 2.17. The number of rotatable bonds is 3. The third-order valence-electron chi connectivity index (χ3n) is 4.05. The van der Waals surface area contributed by atoms with E-state index in [1.807, 2.05) is 0 Å². The Hall–Kier alpha value is -2.20. The van der Waals surface area contributed by atoms with Crippen molar-refractivity contribution in [3.05, 3.63) is 70.1 Å². The van der Waals surface area contributed by atoms with Gasteiger partial charge >= 0.3 is 0 Å². The molecular formula is C19H17FN2S. The number of hydrogen-bond acceptors (Lipinski definition) is 2. The summed E-state index contributed by atoms with van der Waals surface area (Å²) in [5.74, 6) is -0.231. The predicted molar refractivity (Wildman–Crippen MR) is 92.4 cm³/mol. The summed E-state index contributed by atoms with van der Waals surface area (Å²) < 4.78 is 15.4. The van der Waals surface area contributed by atoms with E-state index in [0.29, 0.717) is 6.04 Å². The van der Waals surface area contributed by atoms with Crippen LogP contribution >= 0.6 is 11.3 Å². The van der Waals surface area contributed by atoms with Crippen LogP contribution in [0.1, 0.15) is 24.4 Å².